The van der Waals surface area contributed by atoms with Gasteiger partial charge in [0.25, 0.3) is 0 Å². The normalized spacial score (nSPS) is 32.3. The molecule has 3 fully saturated rings. The first kappa shape index (κ1) is 17.2. The van der Waals surface area contributed by atoms with E-state index in [1.165, 1.54) is 32.4 Å². The Bertz CT molecular complexity index is 386. The van der Waals surface area contributed by atoms with E-state index >= 15 is 0 Å². The van der Waals surface area contributed by atoms with E-state index in [0.29, 0.717) is 18.4 Å². The van der Waals surface area contributed by atoms with Gasteiger partial charge in [-0.1, -0.05) is 6.42 Å². The van der Waals surface area contributed by atoms with Gasteiger partial charge in [-0.15, -0.1) is 0 Å². The molecule has 5 nitrogen and oxygen atoms in total. The van der Waals surface area contributed by atoms with E-state index in [1.54, 1.807) is 0 Å². The van der Waals surface area contributed by atoms with Crippen LogP contribution in [0.3, 0.4) is 0 Å². The van der Waals surface area contributed by atoms with E-state index in [-0.39, 0.29) is 11.9 Å². The van der Waals surface area contributed by atoms with Crippen LogP contribution < -0.4 is 11.1 Å². The largest absolute Gasteiger partial charge is 0.353 e. The molecule has 0 aromatic carbocycles. The lowest BCUT2D eigenvalue weighted by Crippen LogP contribution is -2.50. The monoisotopic (exact) mass is 322 g/mol. The van der Waals surface area contributed by atoms with E-state index in [9.17, 15) is 4.79 Å². The molecule has 3 N–H and O–H groups in total. The van der Waals surface area contributed by atoms with Crippen LogP contribution in [0, 0.1) is 5.92 Å². The molecule has 1 aliphatic carbocycles. The lowest BCUT2D eigenvalue weighted by Gasteiger charge is -2.41. The van der Waals surface area contributed by atoms with Crippen molar-refractivity contribution in [3.05, 3.63) is 0 Å². The number of likely N-dealkylation sites (tertiary alicyclic amines) is 2. The van der Waals surface area contributed by atoms with Crippen molar-refractivity contribution in [3.8, 4) is 0 Å². The highest BCUT2D eigenvalue weighted by atomic mass is 16.1. The molecule has 1 saturated carbocycles. The van der Waals surface area contributed by atoms with Crippen LogP contribution in [0.2, 0.25) is 0 Å². The molecular formula is C18H34N4O. The van der Waals surface area contributed by atoms with Gasteiger partial charge in [-0.25, -0.2) is 0 Å². The first-order valence-corrected chi connectivity index (χ1v) is 9.59. The summed E-state index contributed by atoms with van der Waals surface area (Å²) < 4.78 is 0. The average molecular weight is 322 g/mol. The van der Waals surface area contributed by atoms with Gasteiger partial charge in [0.2, 0.25) is 5.91 Å². The Morgan fingerprint density at radius 1 is 1.04 bits per heavy atom. The molecule has 0 bridgehead atoms. The average Bonchev–Trinajstić information content (AvgIpc) is 2.94. The minimum absolute atomic E-state index is 0.227. The highest BCUT2D eigenvalue weighted by Gasteiger charge is 2.29. The van der Waals surface area contributed by atoms with Gasteiger partial charge in [-0.2, -0.15) is 0 Å². The van der Waals surface area contributed by atoms with Crippen LogP contribution >= 0.6 is 0 Å². The molecule has 2 saturated heterocycles. The topological polar surface area (TPSA) is 61.6 Å². The third kappa shape index (κ3) is 4.68. The van der Waals surface area contributed by atoms with Gasteiger partial charge in [0.05, 0.1) is 0 Å². The zero-order valence-electron chi connectivity index (χ0n) is 14.7. The summed E-state index contributed by atoms with van der Waals surface area (Å²) in [6.45, 7) is 4.73. The van der Waals surface area contributed by atoms with Crippen molar-refractivity contribution in [1.29, 1.82) is 0 Å². The summed E-state index contributed by atoms with van der Waals surface area (Å²) in [5.74, 6) is 0.638. The maximum Gasteiger partial charge on any atom is 0.220 e. The zero-order valence-corrected chi connectivity index (χ0v) is 14.7. The number of piperidine rings is 2. The third-order valence-corrected chi connectivity index (χ3v) is 6.26. The SMILES string of the molecule is CN1CCC(N2CCC(NC(=O)C[C@@H]3CCC[C@H]3N)CC2)CC1. The molecule has 0 spiro atoms. The number of hydrogen-bond acceptors (Lipinski definition) is 4. The molecular weight excluding hydrogens is 288 g/mol. The number of nitrogens with one attached hydrogen (secondary N) is 1. The molecule has 2 heterocycles. The summed E-state index contributed by atoms with van der Waals surface area (Å²) in [6, 6.07) is 1.38. The second kappa shape index (κ2) is 7.95. The summed E-state index contributed by atoms with van der Waals surface area (Å²) in [7, 11) is 2.22. The zero-order chi connectivity index (χ0) is 16.2. The van der Waals surface area contributed by atoms with Crippen molar-refractivity contribution in [1.82, 2.24) is 15.1 Å². The van der Waals surface area contributed by atoms with Crippen LogP contribution in [0.4, 0.5) is 0 Å². The molecule has 0 unspecified atom stereocenters. The Labute approximate surface area is 140 Å². The summed E-state index contributed by atoms with van der Waals surface area (Å²) in [5, 5.41) is 3.27. The van der Waals surface area contributed by atoms with Crippen LogP contribution in [-0.4, -0.2) is 67.1 Å². The second-order valence-corrected chi connectivity index (χ2v) is 7.97. The van der Waals surface area contributed by atoms with Crippen molar-refractivity contribution < 1.29 is 4.79 Å². The highest BCUT2D eigenvalue weighted by Crippen LogP contribution is 2.27. The van der Waals surface area contributed by atoms with Crippen molar-refractivity contribution in [3.63, 3.8) is 0 Å². The molecule has 2 aliphatic heterocycles. The number of rotatable bonds is 4. The van der Waals surface area contributed by atoms with Gasteiger partial charge in [-0.3, -0.25) is 4.79 Å². The Hall–Kier alpha value is -0.650. The van der Waals surface area contributed by atoms with Gasteiger partial charge in [0.15, 0.2) is 0 Å². The maximum absolute atomic E-state index is 12.2. The summed E-state index contributed by atoms with van der Waals surface area (Å²) in [5.41, 5.74) is 6.08. The van der Waals surface area contributed by atoms with Crippen molar-refractivity contribution in [2.45, 2.75) is 69.5 Å². The third-order valence-electron chi connectivity index (χ3n) is 6.26. The number of nitrogens with two attached hydrogens (primary N) is 1. The first-order chi connectivity index (χ1) is 11.1. The van der Waals surface area contributed by atoms with Crippen LogP contribution in [0.15, 0.2) is 0 Å². The molecule has 2 atom stereocenters. The first-order valence-electron chi connectivity index (χ1n) is 9.59. The number of carbonyl (C=O) groups excluding carboxylic acids is 1. The van der Waals surface area contributed by atoms with E-state index < -0.39 is 0 Å². The van der Waals surface area contributed by atoms with Gasteiger partial charge in [-0.05, 0) is 64.6 Å². The van der Waals surface area contributed by atoms with E-state index in [1.807, 2.05) is 0 Å². The van der Waals surface area contributed by atoms with Gasteiger partial charge in [0, 0.05) is 37.6 Å². The Morgan fingerprint density at radius 2 is 1.74 bits per heavy atom. The molecule has 3 rings (SSSR count). The van der Waals surface area contributed by atoms with E-state index in [0.717, 1.165) is 44.8 Å². The number of amides is 1. The Morgan fingerprint density at radius 3 is 2.35 bits per heavy atom. The molecule has 23 heavy (non-hydrogen) atoms. The standard InChI is InChI=1S/C18H34N4O/c1-21-9-7-16(8-10-21)22-11-5-15(6-12-22)20-18(23)13-14-3-2-4-17(14)19/h14-17H,2-13,19H2,1H3,(H,20,23)/t14-,17+/m0/s1. The van der Waals surface area contributed by atoms with Crippen LogP contribution in [0.25, 0.3) is 0 Å². The lowest BCUT2D eigenvalue weighted by molar-refractivity contribution is -0.123. The van der Waals surface area contributed by atoms with Crippen molar-refractivity contribution in [2.75, 3.05) is 33.2 Å². The number of nitrogens with zero attached hydrogens (tertiary/aromatic N) is 2. The molecule has 5 heteroatoms. The molecule has 132 valence electrons. The molecule has 0 aromatic heterocycles. The predicted octanol–water partition coefficient (Wildman–Crippen LogP) is 1.18. The summed E-state index contributed by atoms with van der Waals surface area (Å²) in [6.07, 6.45) is 8.85. The van der Waals surface area contributed by atoms with Crippen molar-refractivity contribution in [2.24, 2.45) is 11.7 Å². The van der Waals surface area contributed by atoms with E-state index in [2.05, 4.69) is 22.2 Å². The van der Waals surface area contributed by atoms with Crippen molar-refractivity contribution >= 4 is 5.91 Å². The predicted molar refractivity (Wildman–Crippen MR) is 93.2 cm³/mol. The molecule has 3 aliphatic rings. The Kier molecular flexibility index (Phi) is 5.94. The highest BCUT2D eigenvalue weighted by molar-refractivity contribution is 5.76. The smallest absolute Gasteiger partial charge is 0.220 e. The number of hydrogen-bond donors (Lipinski definition) is 2. The fourth-order valence-corrected chi connectivity index (χ4v) is 4.61. The van der Waals surface area contributed by atoms with Crippen LogP contribution in [0.1, 0.15) is 51.4 Å². The molecule has 0 radical (unpaired) electrons. The number of carbonyl (C=O) groups is 1. The summed E-state index contributed by atoms with van der Waals surface area (Å²) in [4.78, 5) is 17.3. The van der Waals surface area contributed by atoms with Crippen LogP contribution in [-0.2, 0) is 4.79 Å². The minimum Gasteiger partial charge on any atom is -0.353 e. The quantitative estimate of drug-likeness (QED) is 0.816. The lowest BCUT2D eigenvalue weighted by atomic mass is 9.97. The summed E-state index contributed by atoms with van der Waals surface area (Å²) >= 11 is 0. The van der Waals surface area contributed by atoms with Gasteiger partial charge in [0.1, 0.15) is 0 Å². The minimum atomic E-state index is 0.227. The van der Waals surface area contributed by atoms with Crippen LogP contribution in [0.5, 0.6) is 0 Å². The Balaban J connectivity index is 1.36. The molecule has 0 aromatic rings. The maximum atomic E-state index is 12.2. The van der Waals surface area contributed by atoms with E-state index in [4.69, 9.17) is 5.73 Å². The fraction of sp³-hybridized carbons (Fsp3) is 0.944. The fourth-order valence-electron chi connectivity index (χ4n) is 4.61. The van der Waals surface area contributed by atoms with Gasteiger partial charge < -0.3 is 20.9 Å². The van der Waals surface area contributed by atoms with Gasteiger partial charge >= 0.3 is 0 Å². The second-order valence-electron chi connectivity index (χ2n) is 7.97. The molecule has 1 amide bonds.